The van der Waals surface area contributed by atoms with Crippen molar-refractivity contribution in [2.24, 2.45) is 0 Å². The van der Waals surface area contributed by atoms with Crippen LogP contribution in [0, 0.1) is 0 Å². The van der Waals surface area contributed by atoms with Gasteiger partial charge in [0.25, 0.3) is 0 Å². The fourth-order valence-electron chi connectivity index (χ4n) is 1.84. The van der Waals surface area contributed by atoms with Crippen molar-refractivity contribution in [2.75, 3.05) is 28.4 Å². The van der Waals surface area contributed by atoms with Crippen molar-refractivity contribution in [2.45, 2.75) is 19.5 Å². The van der Waals surface area contributed by atoms with E-state index in [9.17, 15) is 9.59 Å². The van der Waals surface area contributed by atoms with Gasteiger partial charge in [-0.1, -0.05) is 6.07 Å². The number of amides is 2. The maximum Gasteiger partial charge on any atom is 0.413 e. The molecule has 0 spiro atoms. The topological polar surface area (TPSA) is 77.1 Å². The molecule has 1 rings (SSSR count). The third-order valence-corrected chi connectivity index (χ3v) is 3.37. The molecular formula is C15H22N2O5. The van der Waals surface area contributed by atoms with Crippen LogP contribution in [-0.2, 0) is 16.1 Å². The summed E-state index contributed by atoms with van der Waals surface area (Å²) in [5, 5.41) is 2.15. The van der Waals surface area contributed by atoms with Crippen LogP contribution in [-0.4, -0.2) is 51.3 Å². The minimum atomic E-state index is -0.771. The second-order valence-corrected chi connectivity index (χ2v) is 4.75. The van der Waals surface area contributed by atoms with Gasteiger partial charge >= 0.3 is 6.09 Å². The van der Waals surface area contributed by atoms with Crippen LogP contribution in [0.4, 0.5) is 4.79 Å². The van der Waals surface area contributed by atoms with Gasteiger partial charge in [-0.2, -0.15) is 0 Å². The molecule has 122 valence electrons. The van der Waals surface area contributed by atoms with E-state index in [2.05, 4.69) is 10.1 Å². The molecule has 1 aromatic rings. The Morgan fingerprint density at radius 3 is 2.45 bits per heavy atom. The van der Waals surface area contributed by atoms with Crippen molar-refractivity contribution < 1.29 is 23.8 Å². The van der Waals surface area contributed by atoms with E-state index in [0.717, 1.165) is 5.56 Å². The minimum absolute atomic E-state index is 0.429. The molecule has 0 heterocycles. The highest BCUT2D eigenvalue weighted by atomic mass is 16.5. The molecule has 0 aliphatic rings. The number of rotatable bonds is 6. The molecule has 1 N–H and O–H groups in total. The predicted molar refractivity (Wildman–Crippen MR) is 81.0 cm³/mol. The first-order chi connectivity index (χ1) is 10.4. The summed E-state index contributed by atoms with van der Waals surface area (Å²) in [5.41, 5.74) is 0.906. The van der Waals surface area contributed by atoms with E-state index in [1.807, 2.05) is 12.1 Å². The molecule has 2 amide bonds. The molecule has 0 aliphatic carbocycles. The lowest BCUT2D eigenvalue weighted by Gasteiger charge is -2.24. The van der Waals surface area contributed by atoms with E-state index in [1.54, 1.807) is 39.2 Å². The van der Waals surface area contributed by atoms with Gasteiger partial charge in [-0.05, 0) is 20.0 Å². The van der Waals surface area contributed by atoms with Crippen molar-refractivity contribution in [3.63, 3.8) is 0 Å². The number of imide groups is 1. The second kappa shape index (κ2) is 8.23. The second-order valence-electron chi connectivity index (χ2n) is 4.75. The molecule has 0 saturated carbocycles. The number of carbonyl (C=O) groups excluding carboxylic acids is 2. The minimum Gasteiger partial charge on any atom is -0.497 e. The van der Waals surface area contributed by atoms with Gasteiger partial charge in [0, 0.05) is 18.2 Å². The summed E-state index contributed by atoms with van der Waals surface area (Å²) in [6.45, 7) is 2.18. The van der Waals surface area contributed by atoms with Gasteiger partial charge in [-0.15, -0.1) is 0 Å². The van der Waals surface area contributed by atoms with E-state index >= 15 is 0 Å². The Kier molecular flexibility index (Phi) is 6.65. The lowest BCUT2D eigenvalue weighted by Crippen LogP contribution is -2.45. The van der Waals surface area contributed by atoms with Crippen molar-refractivity contribution in [3.05, 3.63) is 23.8 Å². The van der Waals surface area contributed by atoms with Crippen molar-refractivity contribution in [1.29, 1.82) is 0 Å². The summed E-state index contributed by atoms with van der Waals surface area (Å²) in [5.74, 6) is 0.938. The van der Waals surface area contributed by atoms with Crippen molar-refractivity contribution >= 4 is 12.0 Å². The van der Waals surface area contributed by atoms with Crippen LogP contribution in [0.2, 0.25) is 0 Å². The highest BCUT2D eigenvalue weighted by Crippen LogP contribution is 2.25. The van der Waals surface area contributed by atoms with Crippen LogP contribution in [0.25, 0.3) is 0 Å². The molecule has 0 unspecified atom stereocenters. The Morgan fingerprint density at radius 1 is 1.23 bits per heavy atom. The van der Waals surface area contributed by atoms with E-state index in [1.165, 1.54) is 7.11 Å². The molecule has 7 nitrogen and oxygen atoms in total. The third kappa shape index (κ3) is 4.63. The number of alkyl carbamates (subject to hydrolysis) is 1. The van der Waals surface area contributed by atoms with Crippen LogP contribution in [0.5, 0.6) is 11.5 Å². The van der Waals surface area contributed by atoms with Crippen LogP contribution in [0.15, 0.2) is 18.2 Å². The summed E-state index contributed by atoms with van der Waals surface area (Å²) in [6, 6.07) is 4.97. The highest BCUT2D eigenvalue weighted by Gasteiger charge is 2.21. The first-order valence-electron chi connectivity index (χ1n) is 6.72. The summed E-state index contributed by atoms with van der Waals surface area (Å²) >= 11 is 0. The fraction of sp³-hybridized carbons (Fsp3) is 0.467. The molecule has 7 heteroatoms. The summed E-state index contributed by atoms with van der Waals surface area (Å²) in [4.78, 5) is 24.8. The van der Waals surface area contributed by atoms with Gasteiger partial charge in [-0.3, -0.25) is 15.0 Å². The standard InChI is InChI=1S/C15H22N2O5/c1-10(14(18)16-15(19)22-5)17(2)9-11-6-7-12(20-3)8-13(11)21-4/h6-8,10H,9H2,1-5H3,(H,16,18,19)/t10-/m0/s1. The SMILES string of the molecule is COC(=O)NC(=O)[C@H](C)N(C)Cc1ccc(OC)cc1OC. The van der Waals surface area contributed by atoms with Gasteiger partial charge in [-0.25, -0.2) is 4.79 Å². The zero-order valence-corrected chi connectivity index (χ0v) is 13.5. The number of likely N-dealkylation sites (N-methyl/N-ethyl adjacent to an activating group) is 1. The molecular weight excluding hydrogens is 288 g/mol. The number of methoxy groups -OCH3 is 3. The van der Waals surface area contributed by atoms with Crippen molar-refractivity contribution in [1.82, 2.24) is 10.2 Å². The van der Waals surface area contributed by atoms with Gasteiger partial charge in [0.15, 0.2) is 0 Å². The van der Waals surface area contributed by atoms with Gasteiger partial charge in [0.2, 0.25) is 5.91 Å². The first kappa shape index (κ1) is 17.8. The van der Waals surface area contributed by atoms with Crippen LogP contribution in [0.3, 0.4) is 0 Å². The third-order valence-electron chi connectivity index (χ3n) is 3.37. The Hall–Kier alpha value is -2.28. The number of nitrogens with one attached hydrogen (secondary N) is 1. The van der Waals surface area contributed by atoms with Crippen LogP contribution < -0.4 is 14.8 Å². The Labute approximate surface area is 130 Å². The van der Waals surface area contributed by atoms with E-state index < -0.39 is 18.0 Å². The lowest BCUT2D eigenvalue weighted by atomic mass is 10.1. The average molecular weight is 310 g/mol. The molecule has 1 atom stereocenters. The fourth-order valence-corrected chi connectivity index (χ4v) is 1.84. The molecule has 1 aromatic carbocycles. The maximum absolute atomic E-state index is 11.9. The zero-order valence-electron chi connectivity index (χ0n) is 13.5. The quantitative estimate of drug-likeness (QED) is 0.856. The zero-order chi connectivity index (χ0) is 16.7. The smallest absolute Gasteiger partial charge is 0.413 e. The number of hydrogen-bond acceptors (Lipinski definition) is 6. The average Bonchev–Trinajstić information content (AvgIpc) is 2.53. The molecule has 22 heavy (non-hydrogen) atoms. The molecule has 0 aromatic heterocycles. The Balaban J connectivity index is 2.77. The molecule has 0 radical (unpaired) electrons. The number of benzene rings is 1. The maximum atomic E-state index is 11.9. The van der Waals surface area contributed by atoms with Crippen LogP contribution in [0.1, 0.15) is 12.5 Å². The number of carbonyl (C=O) groups is 2. The summed E-state index contributed by atoms with van der Waals surface area (Å²) < 4.78 is 14.9. The Bertz CT molecular complexity index is 533. The monoisotopic (exact) mass is 310 g/mol. The molecule has 0 aliphatic heterocycles. The van der Waals surface area contributed by atoms with Gasteiger partial charge in [0.1, 0.15) is 11.5 Å². The van der Waals surface area contributed by atoms with Crippen molar-refractivity contribution in [3.8, 4) is 11.5 Å². The Morgan fingerprint density at radius 2 is 1.91 bits per heavy atom. The predicted octanol–water partition coefficient (Wildman–Crippen LogP) is 1.41. The van der Waals surface area contributed by atoms with E-state index in [4.69, 9.17) is 9.47 Å². The van der Waals surface area contributed by atoms with Gasteiger partial charge < -0.3 is 14.2 Å². The number of hydrogen-bond donors (Lipinski definition) is 1. The lowest BCUT2D eigenvalue weighted by molar-refractivity contribution is -0.124. The van der Waals surface area contributed by atoms with E-state index in [0.29, 0.717) is 18.0 Å². The largest absolute Gasteiger partial charge is 0.497 e. The van der Waals surface area contributed by atoms with Crippen LogP contribution >= 0.6 is 0 Å². The molecule has 0 bridgehead atoms. The molecule has 0 saturated heterocycles. The summed E-state index contributed by atoms with van der Waals surface area (Å²) in [6.07, 6.45) is -0.771. The van der Waals surface area contributed by atoms with Gasteiger partial charge in [0.05, 0.1) is 27.4 Å². The first-order valence-corrected chi connectivity index (χ1v) is 6.72. The van der Waals surface area contributed by atoms with E-state index in [-0.39, 0.29) is 0 Å². The highest BCUT2D eigenvalue weighted by molar-refractivity contribution is 5.94. The summed E-state index contributed by atoms with van der Waals surface area (Å²) in [7, 11) is 6.15. The normalized spacial score (nSPS) is 11.7. The number of nitrogens with zero attached hydrogens (tertiary/aromatic N) is 1. The molecule has 0 fully saturated rings. The number of ether oxygens (including phenoxy) is 3.